The first-order chi connectivity index (χ1) is 18.3. The molecule has 1 spiro atoms. The Hall–Kier alpha value is -2.74. The minimum Gasteiger partial charge on any atom is -0.444 e. The number of benzene rings is 1. The molecule has 0 bridgehead atoms. The number of ether oxygens (including phenoxy) is 1. The summed E-state index contributed by atoms with van der Waals surface area (Å²) in [6.45, 7) is 16.2. The fraction of sp³-hybridized carbons (Fsp3) is 0.581. The van der Waals surface area contributed by atoms with Crippen molar-refractivity contribution in [3.8, 4) is 11.3 Å². The molecule has 2 saturated heterocycles. The minimum absolute atomic E-state index is 0.0974. The fourth-order valence-corrected chi connectivity index (χ4v) is 8.12. The minimum atomic E-state index is -0.520. The molecule has 4 heterocycles. The smallest absolute Gasteiger partial charge is 0.410 e. The average Bonchev–Trinajstić information content (AvgIpc) is 3.21. The zero-order valence-electron chi connectivity index (χ0n) is 24.4. The van der Waals surface area contributed by atoms with Crippen molar-refractivity contribution in [3.05, 3.63) is 47.7 Å². The van der Waals surface area contributed by atoms with Crippen LogP contribution in [0.3, 0.4) is 0 Å². The van der Waals surface area contributed by atoms with Gasteiger partial charge in [-0.2, -0.15) is 5.10 Å². The van der Waals surface area contributed by atoms with Crippen molar-refractivity contribution in [3.63, 3.8) is 0 Å². The number of amides is 2. The lowest BCUT2D eigenvalue weighted by Gasteiger charge is -2.46. The Kier molecular flexibility index (Phi) is 7.15. The molecule has 1 aromatic carbocycles. The second-order valence-corrected chi connectivity index (χ2v) is 14.2. The highest BCUT2D eigenvalue weighted by molar-refractivity contribution is 8.00. The molecule has 0 unspecified atom stereocenters. The molecule has 0 radical (unpaired) electrons. The van der Waals surface area contributed by atoms with Gasteiger partial charge < -0.3 is 14.5 Å². The summed E-state index contributed by atoms with van der Waals surface area (Å²) < 4.78 is 7.87. The van der Waals surface area contributed by atoms with Crippen molar-refractivity contribution in [2.24, 2.45) is 0 Å². The molecular weight excluding hydrogens is 508 g/mol. The number of allylic oxidation sites excluding steroid dienone is 1. The van der Waals surface area contributed by atoms with Crippen LogP contribution in [-0.4, -0.2) is 62.4 Å². The number of hydrogen-bond donors (Lipinski definition) is 0. The lowest BCUT2D eigenvalue weighted by atomic mass is 9.84. The third-order valence-electron chi connectivity index (χ3n) is 8.36. The summed E-state index contributed by atoms with van der Waals surface area (Å²) in [6.07, 6.45) is 6.68. The van der Waals surface area contributed by atoms with Crippen LogP contribution in [0.1, 0.15) is 84.5 Å². The van der Waals surface area contributed by atoms with E-state index < -0.39 is 5.60 Å². The van der Waals surface area contributed by atoms with E-state index in [4.69, 9.17) is 9.84 Å². The van der Waals surface area contributed by atoms with Gasteiger partial charge in [-0.15, -0.1) is 11.8 Å². The van der Waals surface area contributed by atoms with Gasteiger partial charge in [0.15, 0.2) is 0 Å². The Balaban J connectivity index is 1.47. The van der Waals surface area contributed by atoms with Crippen LogP contribution in [0, 0.1) is 6.92 Å². The molecule has 0 saturated carbocycles. The molecule has 2 aromatic rings. The number of hydrogen-bond acceptors (Lipinski definition) is 5. The first-order valence-corrected chi connectivity index (χ1v) is 15.0. The molecule has 1 aromatic heterocycles. The van der Waals surface area contributed by atoms with E-state index in [-0.39, 0.29) is 28.3 Å². The lowest BCUT2D eigenvalue weighted by molar-refractivity contribution is -0.127. The van der Waals surface area contributed by atoms with Gasteiger partial charge >= 0.3 is 6.09 Å². The molecule has 210 valence electrons. The molecule has 0 aliphatic carbocycles. The predicted octanol–water partition coefficient (Wildman–Crippen LogP) is 6.71. The highest BCUT2D eigenvalue weighted by Crippen LogP contribution is 2.58. The molecule has 1 atom stereocenters. The third kappa shape index (κ3) is 5.12. The van der Waals surface area contributed by atoms with Gasteiger partial charge in [-0.1, -0.05) is 24.3 Å². The molecule has 8 heteroatoms. The SMILES string of the molecule is C/C=C/C(=O)N1CCC2(CC1)Sc1ccccc1-c1nn([C@@H]3CCN(C(=O)OC(C)(C)C)C(C)(C)C3)c(C)c12. The second kappa shape index (κ2) is 10.0. The van der Waals surface area contributed by atoms with Crippen molar-refractivity contribution in [1.82, 2.24) is 19.6 Å². The molecule has 5 rings (SSSR count). The van der Waals surface area contributed by atoms with E-state index in [1.165, 1.54) is 21.7 Å². The maximum absolute atomic E-state index is 13.0. The topological polar surface area (TPSA) is 67.7 Å². The van der Waals surface area contributed by atoms with E-state index in [0.29, 0.717) is 6.54 Å². The maximum atomic E-state index is 13.0. The van der Waals surface area contributed by atoms with Crippen LogP contribution in [0.2, 0.25) is 0 Å². The van der Waals surface area contributed by atoms with E-state index in [9.17, 15) is 9.59 Å². The van der Waals surface area contributed by atoms with Gasteiger partial charge in [-0.3, -0.25) is 9.48 Å². The summed E-state index contributed by atoms with van der Waals surface area (Å²) in [5.74, 6) is 0.0974. The van der Waals surface area contributed by atoms with Gasteiger partial charge in [-0.25, -0.2) is 4.79 Å². The summed E-state index contributed by atoms with van der Waals surface area (Å²) in [5, 5.41) is 5.32. The van der Waals surface area contributed by atoms with E-state index in [0.717, 1.165) is 44.5 Å². The van der Waals surface area contributed by atoms with Gasteiger partial charge in [0.25, 0.3) is 0 Å². The van der Waals surface area contributed by atoms with Crippen LogP contribution in [0.4, 0.5) is 4.79 Å². The van der Waals surface area contributed by atoms with Crippen molar-refractivity contribution < 1.29 is 14.3 Å². The number of carbonyl (C=O) groups is 2. The van der Waals surface area contributed by atoms with Crippen LogP contribution < -0.4 is 0 Å². The molecular formula is C31H42N4O3S. The van der Waals surface area contributed by atoms with Crippen LogP contribution >= 0.6 is 11.8 Å². The van der Waals surface area contributed by atoms with Gasteiger partial charge in [-0.05, 0) is 86.3 Å². The summed E-state index contributed by atoms with van der Waals surface area (Å²) in [7, 11) is 0. The van der Waals surface area contributed by atoms with Crippen molar-refractivity contribution in [1.29, 1.82) is 0 Å². The van der Waals surface area contributed by atoms with Gasteiger partial charge in [0.2, 0.25) is 5.91 Å². The lowest BCUT2D eigenvalue weighted by Crippen LogP contribution is -2.54. The number of nitrogens with zero attached hydrogens (tertiary/aromatic N) is 4. The fourth-order valence-electron chi connectivity index (χ4n) is 6.54. The Morgan fingerprint density at radius 2 is 1.82 bits per heavy atom. The van der Waals surface area contributed by atoms with Gasteiger partial charge in [0, 0.05) is 46.9 Å². The number of rotatable bonds is 2. The molecule has 2 amide bonds. The average molecular weight is 551 g/mol. The number of aromatic nitrogens is 2. The first-order valence-electron chi connectivity index (χ1n) is 14.2. The zero-order valence-corrected chi connectivity index (χ0v) is 25.2. The van der Waals surface area contributed by atoms with Gasteiger partial charge in [0.1, 0.15) is 5.60 Å². The van der Waals surface area contributed by atoms with E-state index in [1.807, 2.05) is 55.3 Å². The maximum Gasteiger partial charge on any atom is 0.410 e. The number of fused-ring (bicyclic) bond motifs is 4. The van der Waals surface area contributed by atoms with Crippen molar-refractivity contribution >= 4 is 23.8 Å². The second-order valence-electron chi connectivity index (χ2n) is 12.8. The van der Waals surface area contributed by atoms with E-state index in [2.05, 4.69) is 49.7 Å². The normalized spacial score (nSPS) is 22.1. The molecule has 2 fully saturated rings. The van der Waals surface area contributed by atoms with E-state index in [1.54, 1.807) is 6.08 Å². The van der Waals surface area contributed by atoms with Crippen LogP contribution in [0.15, 0.2) is 41.3 Å². The first kappa shape index (κ1) is 27.8. The van der Waals surface area contributed by atoms with Gasteiger partial charge in [0.05, 0.1) is 16.5 Å². The quantitative estimate of drug-likeness (QED) is 0.389. The van der Waals surface area contributed by atoms with Crippen molar-refractivity contribution in [2.75, 3.05) is 19.6 Å². The van der Waals surface area contributed by atoms with Crippen LogP contribution in [-0.2, 0) is 14.3 Å². The van der Waals surface area contributed by atoms with E-state index >= 15 is 0 Å². The molecule has 3 aliphatic rings. The standard InChI is InChI=1S/C31H42N4O3S/c1-8-11-25(36)33-18-15-31(16-19-33)26-21(2)35(32-27(26)23-12-9-10-13-24(23)39-31)22-14-17-34(30(6,7)20-22)28(37)38-29(3,4)5/h8-13,22H,14-20H2,1-7H3/b11-8+/t22-/m1/s1. The Morgan fingerprint density at radius 3 is 2.46 bits per heavy atom. The highest BCUT2D eigenvalue weighted by Gasteiger charge is 2.47. The number of thioether (sulfide) groups is 1. The monoisotopic (exact) mass is 550 g/mol. The summed E-state index contributed by atoms with van der Waals surface area (Å²) in [6, 6.07) is 8.78. The highest BCUT2D eigenvalue weighted by atomic mass is 32.2. The largest absolute Gasteiger partial charge is 0.444 e. The predicted molar refractivity (Wildman–Crippen MR) is 156 cm³/mol. The summed E-state index contributed by atoms with van der Waals surface area (Å²) >= 11 is 1.95. The molecule has 3 aliphatic heterocycles. The Bertz CT molecular complexity index is 1300. The number of piperidine rings is 2. The zero-order chi connectivity index (χ0) is 28.2. The summed E-state index contributed by atoms with van der Waals surface area (Å²) in [5.41, 5.74) is 3.95. The van der Waals surface area contributed by atoms with Crippen LogP contribution in [0.5, 0.6) is 0 Å². The van der Waals surface area contributed by atoms with Crippen LogP contribution in [0.25, 0.3) is 11.3 Å². The molecule has 39 heavy (non-hydrogen) atoms. The molecule has 7 nitrogen and oxygen atoms in total. The summed E-state index contributed by atoms with van der Waals surface area (Å²) in [4.78, 5) is 30.7. The number of carbonyl (C=O) groups excluding carboxylic acids is 2. The number of likely N-dealkylation sites (tertiary alicyclic amines) is 2. The Morgan fingerprint density at radius 1 is 1.13 bits per heavy atom. The Labute approximate surface area is 236 Å². The van der Waals surface area contributed by atoms with Crippen molar-refractivity contribution in [2.45, 2.75) is 101 Å². The molecule has 0 N–H and O–H groups in total. The third-order valence-corrected chi connectivity index (χ3v) is 9.94.